The quantitative estimate of drug-likeness (QED) is 0.512. The lowest BCUT2D eigenvalue weighted by molar-refractivity contribution is 0.0492. The molecular weight excluding hydrogens is 188 g/mol. The Kier molecular flexibility index (Phi) is 5.91. The SMILES string of the molecule is C=CCN1CC(N)C(OCCCCC)C1. The second kappa shape index (κ2) is 6.99. The van der Waals surface area contributed by atoms with Crippen molar-refractivity contribution in [3.05, 3.63) is 12.7 Å². The highest BCUT2D eigenvalue weighted by Gasteiger charge is 2.29. The Morgan fingerprint density at radius 2 is 2.27 bits per heavy atom. The number of hydrogen-bond donors (Lipinski definition) is 1. The first-order valence-corrected chi connectivity index (χ1v) is 5.98. The molecule has 1 fully saturated rings. The van der Waals surface area contributed by atoms with Gasteiger partial charge in [0, 0.05) is 32.3 Å². The monoisotopic (exact) mass is 212 g/mol. The molecule has 1 aliphatic heterocycles. The van der Waals surface area contributed by atoms with Crippen LogP contribution in [0.2, 0.25) is 0 Å². The van der Waals surface area contributed by atoms with Crippen LogP contribution in [-0.4, -0.2) is 43.3 Å². The summed E-state index contributed by atoms with van der Waals surface area (Å²) in [5, 5.41) is 0. The third-order valence-corrected chi connectivity index (χ3v) is 2.85. The highest BCUT2D eigenvalue weighted by molar-refractivity contribution is 4.90. The Balaban J connectivity index is 2.16. The summed E-state index contributed by atoms with van der Waals surface area (Å²) in [7, 11) is 0. The molecular formula is C12H24N2O. The van der Waals surface area contributed by atoms with Crippen molar-refractivity contribution in [1.82, 2.24) is 4.90 Å². The highest BCUT2D eigenvalue weighted by Crippen LogP contribution is 2.12. The van der Waals surface area contributed by atoms with E-state index in [9.17, 15) is 0 Å². The van der Waals surface area contributed by atoms with Gasteiger partial charge in [0.25, 0.3) is 0 Å². The van der Waals surface area contributed by atoms with Crippen LogP contribution < -0.4 is 5.73 Å². The topological polar surface area (TPSA) is 38.5 Å². The maximum atomic E-state index is 6.01. The molecule has 0 radical (unpaired) electrons. The molecule has 0 aromatic rings. The molecule has 2 unspecified atom stereocenters. The summed E-state index contributed by atoms with van der Waals surface area (Å²) in [6.07, 6.45) is 5.79. The Labute approximate surface area is 93.3 Å². The van der Waals surface area contributed by atoms with Crippen molar-refractivity contribution in [3.8, 4) is 0 Å². The number of rotatable bonds is 7. The molecule has 3 heteroatoms. The Hall–Kier alpha value is -0.380. The van der Waals surface area contributed by atoms with Gasteiger partial charge < -0.3 is 10.5 Å². The van der Waals surface area contributed by atoms with E-state index in [1.165, 1.54) is 12.8 Å². The first-order chi connectivity index (χ1) is 7.27. The fraction of sp³-hybridized carbons (Fsp3) is 0.833. The van der Waals surface area contributed by atoms with Gasteiger partial charge in [-0.15, -0.1) is 6.58 Å². The van der Waals surface area contributed by atoms with Crippen LogP contribution in [0.15, 0.2) is 12.7 Å². The molecule has 1 rings (SSSR count). The van der Waals surface area contributed by atoms with Gasteiger partial charge in [-0.25, -0.2) is 0 Å². The average Bonchev–Trinajstić information content (AvgIpc) is 2.55. The normalized spacial score (nSPS) is 27.1. The number of nitrogens with zero attached hydrogens (tertiary/aromatic N) is 1. The average molecular weight is 212 g/mol. The number of nitrogens with two attached hydrogens (primary N) is 1. The molecule has 0 aromatic carbocycles. The fourth-order valence-electron chi connectivity index (χ4n) is 1.97. The van der Waals surface area contributed by atoms with Gasteiger partial charge in [0.1, 0.15) is 0 Å². The molecule has 0 aromatic heterocycles. The number of ether oxygens (including phenoxy) is 1. The second-order valence-electron chi connectivity index (χ2n) is 4.29. The molecule has 2 N–H and O–H groups in total. The van der Waals surface area contributed by atoms with E-state index in [2.05, 4.69) is 18.4 Å². The maximum absolute atomic E-state index is 6.01. The van der Waals surface area contributed by atoms with Crippen molar-refractivity contribution in [2.45, 2.75) is 38.3 Å². The van der Waals surface area contributed by atoms with E-state index in [0.29, 0.717) is 0 Å². The summed E-state index contributed by atoms with van der Waals surface area (Å²) < 4.78 is 5.79. The number of likely N-dealkylation sites (tertiary alicyclic amines) is 1. The molecule has 15 heavy (non-hydrogen) atoms. The predicted molar refractivity (Wildman–Crippen MR) is 63.9 cm³/mol. The van der Waals surface area contributed by atoms with E-state index < -0.39 is 0 Å². The van der Waals surface area contributed by atoms with E-state index in [1.807, 2.05) is 6.08 Å². The Bertz CT molecular complexity index is 184. The molecule has 88 valence electrons. The largest absolute Gasteiger partial charge is 0.375 e. The fourth-order valence-corrected chi connectivity index (χ4v) is 1.97. The van der Waals surface area contributed by atoms with Gasteiger partial charge in [-0.2, -0.15) is 0 Å². The van der Waals surface area contributed by atoms with Gasteiger partial charge in [0.2, 0.25) is 0 Å². The smallest absolute Gasteiger partial charge is 0.0865 e. The standard InChI is InChI=1S/C12H24N2O/c1-3-5-6-8-15-12-10-14(7-4-2)9-11(12)13/h4,11-12H,2-3,5-10,13H2,1H3. The molecule has 3 nitrogen and oxygen atoms in total. The van der Waals surface area contributed by atoms with Crippen LogP contribution >= 0.6 is 0 Å². The van der Waals surface area contributed by atoms with Crippen LogP contribution in [0.3, 0.4) is 0 Å². The summed E-state index contributed by atoms with van der Waals surface area (Å²) in [6, 6.07) is 0.173. The molecule has 0 saturated carbocycles. The van der Waals surface area contributed by atoms with Crippen LogP contribution in [0.25, 0.3) is 0 Å². The van der Waals surface area contributed by atoms with E-state index in [4.69, 9.17) is 10.5 Å². The van der Waals surface area contributed by atoms with Gasteiger partial charge in [-0.3, -0.25) is 4.90 Å². The van der Waals surface area contributed by atoms with E-state index in [-0.39, 0.29) is 12.1 Å². The minimum absolute atomic E-state index is 0.173. The van der Waals surface area contributed by atoms with Crippen molar-refractivity contribution in [3.63, 3.8) is 0 Å². The van der Waals surface area contributed by atoms with Crippen molar-refractivity contribution in [2.75, 3.05) is 26.2 Å². The molecule has 0 spiro atoms. The highest BCUT2D eigenvalue weighted by atomic mass is 16.5. The van der Waals surface area contributed by atoms with E-state index in [1.54, 1.807) is 0 Å². The van der Waals surface area contributed by atoms with E-state index >= 15 is 0 Å². The molecule has 0 bridgehead atoms. The zero-order chi connectivity index (χ0) is 11.1. The number of hydrogen-bond acceptors (Lipinski definition) is 3. The summed E-state index contributed by atoms with van der Waals surface area (Å²) in [5.41, 5.74) is 6.01. The first-order valence-electron chi connectivity index (χ1n) is 5.98. The van der Waals surface area contributed by atoms with Crippen LogP contribution in [0.5, 0.6) is 0 Å². The third kappa shape index (κ3) is 4.33. The van der Waals surface area contributed by atoms with Crippen molar-refractivity contribution in [1.29, 1.82) is 0 Å². The van der Waals surface area contributed by atoms with E-state index in [0.717, 1.165) is 32.7 Å². The summed E-state index contributed by atoms with van der Waals surface area (Å²) in [6.45, 7) is 9.61. The van der Waals surface area contributed by atoms with Crippen molar-refractivity contribution in [2.24, 2.45) is 5.73 Å². The third-order valence-electron chi connectivity index (χ3n) is 2.85. The van der Waals surface area contributed by atoms with Gasteiger partial charge in [0.05, 0.1) is 6.10 Å². The van der Waals surface area contributed by atoms with Crippen LogP contribution in [0.1, 0.15) is 26.2 Å². The first kappa shape index (κ1) is 12.7. The lowest BCUT2D eigenvalue weighted by atomic mass is 10.2. The molecule has 0 amide bonds. The molecule has 1 heterocycles. The lowest BCUT2D eigenvalue weighted by Gasteiger charge is -2.15. The lowest BCUT2D eigenvalue weighted by Crippen LogP contribution is -2.35. The van der Waals surface area contributed by atoms with Crippen LogP contribution in [-0.2, 0) is 4.74 Å². The Morgan fingerprint density at radius 1 is 1.47 bits per heavy atom. The van der Waals surface area contributed by atoms with Crippen molar-refractivity contribution >= 4 is 0 Å². The minimum atomic E-state index is 0.173. The minimum Gasteiger partial charge on any atom is -0.375 e. The van der Waals surface area contributed by atoms with Gasteiger partial charge in [-0.1, -0.05) is 25.8 Å². The van der Waals surface area contributed by atoms with Crippen LogP contribution in [0, 0.1) is 0 Å². The maximum Gasteiger partial charge on any atom is 0.0865 e. The molecule has 1 aliphatic rings. The number of unbranched alkanes of at least 4 members (excludes halogenated alkanes) is 2. The predicted octanol–water partition coefficient (Wildman–Crippen LogP) is 1.39. The molecule has 1 saturated heterocycles. The second-order valence-corrected chi connectivity index (χ2v) is 4.29. The van der Waals surface area contributed by atoms with Crippen molar-refractivity contribution < 1.29 is 4.74 Å². The summed E-state index contributed by atoms with van der Waals surface area (Å²) >= 11 is 0. The molecule has 2 atom stereocenters. The van der Waals surface area contributed by atoms with Crippen LogP contribution in [0.4, 0.5) is 0 Å². The summed E-state index contributed by atoms with van der Waals surface area (Å²) in [4.78, 5) is 2.29. The van der Waals surface area contributed by atoms with Gasteiger partial charge >= 0.3 is 0 Å². The zero-order valence-electron chi connectivity index (χ0n) is 9.82. The zero-order valence-corrected chi connectivity index (χ0v) is 9.82. The van der Waals surface area contributed by atoms with Gasteiger partial charge in [0.15, 0.2) is 0 Å². The molecule has 0 aliphatic carbocycles. The summed E-state index contributed by atoms with van der Waals surface area (Å²) in [5.74, 6) is 0. The Morgan fingerprint density at radius 3 is 2.93 bits per heavy atom. The van der Waals surface area contributed by atoms with Gasteiger partial charge in [-0.05, 0) is 6.42 Å².